The Labute approximate surface area is 248 Å². The molecule has 0 saturated heterocycles. The van der Waals surface area contributed by atoms with Gasteiger partial charge in [-0.1, -0.05) is 61.0 Å². The molecule has 1 rings (SSSR count). The monoisotopic (exact) mass is 597 g/mol. The van der Waals surface area contributed by atoms with Crippen molar-refractivity contribution in [2.24, 2.45) is 29.4 Å². The van der Waals surface area contributed by atoms with Crippen molar-refractivity contribution in [3.8, 4) is 11.5 Å². The molecule has 12 heteroatoms. The van der Waals surface area contributed by atoms with Crippen molar-refractivity contribution in [1.29, 1.82) is 0 Å². The number of carbonyl (C=O) groups is 4. The van der Waals surface area contributed by atoms with E-state index in [9.17, 15) is 24.3 Å². The largest absolute Gasteiger partial charge is 0.514 e. The van der Waals surface area contributed by atoms with Crippen LogP contribution in [0.25, 0.3) is 0 Å². The SMILES string of the molecule is CCC(C)COC(=O)OCC(C)C(c1ccc(OC(=O)OC(C)C(C)C)c(OC(=O)OC(C)C(C)C)c1)[C@H](N)C(=O)O. The Balaban J connectivity index is 3.34. The highest BCUT2D eigenvalue weighted by atomic mass is 16.8. The summed E-state index contributed by atoms with van der Waals surface area (Å²) in [5, 5.41) is 9.73. The van der Waals surface area contributed by atoms with Crippen LogP contribution in [-0.2, 0) is 23.7 Å². The van der Waals surface area contributed by atoms with Crippen molar-refractivity contribution in [1.82, 2.24) is 0 Å². The van der Waals surface area contributed by atoms with Gasteiger partial charge in [0.2, 0.25) is 0 Å². The number of carboxylic acid groups (broad SMARTS) is 1. The zero-order chi connectivity index (χ0) is 32.1. The summed E-state index contributed by atoms with van der Waals surface area (Å²) in [5.41, 5.74) is 6.38. The number of rotatable bonds is 15. The molecule has 1 aromatic carbocycles. The molecule has 0 amide bonds. The maximum atomic E-state index is 12.6. The normalized spacial score (nSPS) is 15.5. The van der Waals surface area contributed by atoms with Gasteiger partial charge in [0.25, 0.3) is 0 Å². The van der Waals surface area contributed by atoms with Crippen molar-refractivity contribution >= 4 is 24.4 Å². The van der Waals surface area contributed by atoms with E-state index in [4.69, 9.17) is 34.2 Å². The fourth-order valence-electron chi connectivity index (χ4n) is 3.42. The number of hydrogen-bond acceptors (Lipinski definition) is 11. The first-order chi connectivity index (χ1) is 19.6. The lowest BCUT2D eigenvalue weighted by atomic mass is 9.82. The molecule has 0 aliphatic carbocycles. The second-order valence-corrected chi connectivity index (χ2v) is 11.3. The standard InChI is InChI=1S/C30H47NO11/c1-10-18(6)14-37-28(34)38-15-19(7)25(26(31)27(32)33)22-11-12-23(41-29(35)39-20(8)16(2)3)24(13-22)42-30(36)40-21(9)17(4)5/h11-13,16-21,25-26H,10,14-15,31H2,1-9H3,(H,32,33)/t18?,19?,20?,21?,25?,26-/m0/s1. The topological polar surface area (TPSA) is 170 Å². The van der Waals surface area contributed by atoms with Crippen molar-refractivity contribution in [2.75, 3.05) is 13.2 Å². The van der Waals surface area contributed by atoms with Crippen LogP contribution in [0.1, 0.15) is 80.2 Å². The van der Waals surface area contributed by atoms with Gasteiger partial charge in [-0.15, -0.1) is 0 Å². The molecule has 0 spiro atoms. The quantitative estimate of drug-likeness (QED) is 0.135. The number of carboxylic acids is 1. The molecule has 0 heterocycles. The van der Waals surface area contributed by atoms with E-state index in [2.05, 4.69) is 0 Å². The molecule has 42 heavy (non-hydrogen) atoms. The predicted octanol–water partition coefficient (Wildman–Crippen LogP) is 6.14. The van der Waals surface area contributed by atoms with Crippen LogP contribution >= 0.6 is 0 Å². The van der Waals surface area contributed by atoms with Gasteiger partial charge >= 0.3 is 24.4 Å². The molecule has 5 unspecified atom stereocenters. The summed E-state index contributed by atoms with van der Waals surface area (Å²) in [6.45, 7) is 16.4. The minimum absolute atomic E-state index is 0.00257. The van der Waals surface area contributed by atoms with E-state index < -0.39 is 54.5 Å². The number of ether oxygens (including phenoxy) is 6. The third kappa shape index (κ3) is 12.1. The van der Waals surface area contributed by atoms with Gasteiger partial charge in [-0.25, -0.2) is 14.4 Å². The summed E-state index contributed by atoms with van der Waals surface area (Å²) in [6.07, 6.45) is -3.06. The average molecular weight is 598 g/mol. The van der Waals surface area contributed by atoms with E-state index in [1.54, 1.807) is 20.8 Å². The molecular formula is C30H47NO11. The van der Waals surface area contributed by atoms with Crippen LogP contribution in [0.4, 0.5) is 14.4 Å². The van der Waals surface area contributed by atoms with E-state index in [-0.39, 0.29) is 42.5 Å². The summed E-state index contributed by atoms with van der Waals surface area (Å²) in [6, 6.07) is 2.72. The number of aliphatic carboxylic acids is 1. The average Bonchev–Trinajstić information content (AvgIpc) is 2.91. The number of nitrogens with two attached hydrogens (primary N) is 1. The van der Waals surface area contributed by atoms with E-state index >= 15 is 0 Å². The smallest absolute Gasteiger partial charge is 0.480 e. The van der Waals surface area contributed by atoms with Crippen molar-refractivity contribution in [3.05, 3.63) is 23.8 Å². The molecule has 0 bridgehead atoms. The molecular weight excluding hydrogens is 550 g/mol. The van der Waals surface area contributed by atoms with Crippen molar-refractivity contribution < 1.29 is 52.7 Å². The van der Waals surface area contributed by atoms with E-state index in [1.807, 2.05) is 41.5 Å². The molecule has 0 radical (unpaired) electrons. The van der Waals surface area contributed by atoms with Crippen LogP contribution < -0.4 is 15.2 Å². The van der Waals surface area contributed by atoms with E-state index in [0.29, 0.717) is 5.56 Å². The van der Waals surface area contributed by atoms with Gasteiger partial charge in [-0.2, -0.15) is 0 Å². The molecule has 12 nitrogen and oxygen atoms in total. The summed E-state index contributed by atoms with van der Waals surface area (Å²) in [7, 11) is 0. The predicted molar refractivity (Wildman–Crippen MR) is 154 cm³/mol. The lowest BCUT2D eigenvalue weighted by Gasteiger charge is -2.28. The molecule has 6 atom stereocenters. The van der Waals surface area contributed by atoms with Crippen molar-refractivity contribution in [3.63, 3.8) is 0 Å². The second kappa shape index (κ2) is 17.4. The number of carbonyl (C=O) groups excluding carboxylic acids is 3. The van der Waals surface area contributed by atoms with Gasteiger partial charge in [-0.05, 0) is 55.2 Å². The molecule has 3 N–H and O–H groups in total. The fraction of sp³-hybridized carbons (Fsp3) is 0.667. The molecule has 0 aromatic heterocycles. The van der Waals surface area contributed by atoms with Gasteiger partial charge in [0.15, 0.2) is 11.5 Å². The summed E-state index contributed by atoms with van der Waals surface area (Å²) in [5.74, 6) is -3.02. The first kappa shape index (κ1) is 36.5. The summed E-state index contributed by atoms with van der Waals surface area (Å²) >= 11 is 0. The zero-order valence-corrected chi connectivity index (χ0v) is 26.1. The molecule has 0 aliphatic heterocycles. The van der Waals surface area contributed by atoms with E-state index in [1.165, 1.54) is 18.2 Å². The van der Waals surface area contributed by atoms with Crippen LogP contribution in [0, 0.1) is 23.7 Å². The van der Waals surface area contributed by atoms with E-state index in [0.717, 1.165) is 6.42 Å². The van der Waals surface area contributed by atoms with Crippen LogP contribution in [0.3, 0.4) is 0 Å². The Kier molecular flexibility index (Phi) is 15.1. The lowest BCUT2D eigenvalue weighted by molar-refractivity contribution is -0.139. The van der Waals surface area contributed by atoms with Gasteiger partial charge in [0.05, 0.1) is 13.2 Å². The molecule has 0 fully saturated rings. The molecule has 1 aromatic rings. The van der Waals surface area contributed by atoms with Gasteiger partial charge in [0, 0.05) is 5.92 Å². The minimum Gasteiger partial charge on any atom is -0.480 e. The van der Waals surface area contributed by atoms with Crippen LogP contribution in [-0.4, -0.2) is 61.0 Å². The second-order valence-electron chi connectivity index (χ2n) is 11.3. The van der Waals surface area contributed by atoms with Crippen LogP contribution in [0.5, 0.6) is 11.5 Å². The van der Waals surface area contributed by atoms with Gasteiger partial charge < -0.3 is 39.3 Å². The minimum atomic E-state index is -1.43. The van der Waals surface area contributed by atoms with Crippen molar-refractivity contribution in [2.45, 2.75) is 92.9 Å². The first-order valence-corrected chi connectivity index (χ1v) is 14.3. The third-order valence-electron chi connectivity index (χ3n) is 7.11. The maximum absolute atomic E-state index is 12.6. The zero-order valence-electron chi connectivity index (χ0n) is 26.1. The highest BCUT2D eigenvalue weighted by Gasteiger charge is 2.33. The Hall–Kier alpha value is -3.54. The maximum Gasteiger partial charge on any atom is 0.514 e. The number of benzene rings is 1. The Morgan fingerprint density at radius 3 is 1.74 bits per heavy atom. The van der Waals surface area contributed by atoms with Crippen LogP contribution in [0.15, 0.2) is 18.2 Å². The Morgan fingerprint density at radius 2 is 1.26 bits per heavy atom. The number of hydrogen-bond donors (Lipinski definition) is 2. The Morgan fingerprint density at radius 1 is 0.762 bits per heavy atom. The highest BCUT2D eigenvalue weighted by molar-refractivity contribution is 5.75. The first-order valence-electron chi connectivity index (χ1n) is 14.3. The van der Waals surface area contributed by atoms with Gasteiger partial charge in [0.1, 0.15) is 18.2 Å². The lowest BCUT2D eigenvalue weighted by Crippen LogP contribution is -2.40. The highest BCUT2D eigenvalue weighted by Crippen LogP contribution is 2.36. The molecule has 238 valence electrons. The summed E-state index contributed by atoms with van der Waals surface area (Å²) in [4.78, 5) is 49.1. The summed E-state index contributed by atoms with van der Waals surface area (Å²) < 4.78 is 31.6. The third-order valence-corrected chi connectivity index (χ3v) is 7.11. The Bertz CT molecular complexity index is 1040. The van der Waals surface area contributed by atoms with Crippen LogP contribution in [0.2, 0.25) is 0 Å². The molecule has 0 aliphatic rings. The van der Waals surface area contributed by atoms with Gasteiger partial charge in [-0.3, -0.25) is 4.79 Å². The fourth-order valence-corrected chi connectivity index (χ4v) is 3.42. The molecule has 0 saturated carbocycles.